The van der Waals surface area contributed by atoms with E-state index < -0.39 is 0 Å². The normalized spacial score (nSPS) is 10.6. The van der Waals surface area contributed by atoms with Gasteiger partial charge in [0.2, 0.25) is 0 Å². The Balaban J connectivity index is 2.29. The summed E-state index contributed by atoms with van der Waals surface area (Å²) in [5.74, 6) is 0.941. The third-order valence-electron chi connectivity index (χ3n) is 2.79. The standard InChI is InChI=1S/C13H9N3S/c1-16-12-3-2-9(7-14)6-11(12)15-13(16)10-4-5-17-8-10/h2-6,8H,1H3. The number of hydrogen-bond donors (Lipinski definition) is 0. The van der Waals surface area contributed by atoms with E-state index in [1.165, 1.54) is 0 Å². The minimum Gasteiger partial charge on any atom is -0.327 e. The molecule has 2 heterocycles. The van der Waals surface area contributed by atoms with Gasteiger partial charge in [-0.2, -0.15) is 16.6 Å². The fourth-order valence-corrected chi connectivity index (χ4v) is 2.55. The number of imidazole rings is 1. The van der Waals surface area contributed by atoms with Crippen molar-refractivity contribution in [1.82, 2.24) is 9.55 Å². The lowest BCUT2D eigenvalue weighted by atomic mass is 10.2. The second-order valence-electron chi connectivity index (χ2n) is 3.82. The van der Waals surface area contributed by atoms with E-state index in [2.05, 4.69) is 27.1 Å². The lowest BCUT2D eigenvalue weighted by Gasteiger charge is -1.98. The number of hydrogen-bond acceptors (Lipinski definition) is 3. The Hall–Kier alpha value is -2.12. The molecular weight excluding hydrogens is 230 g/mol. The maximum atomic E-state index is 8.87. The van der Waals surface area contributed by atoms with E-state index in [1.54, 1.807) is 11.3 Å². The van der Waals surface area contributed by atoms with E-state index in [9.17, 15) is 0 Å². The summed E-state index contributed by atoms with van der Waals surface area (Å²) in [6.07, 6.45) is 0. The summed E-state index contributed by atoms with van der Waals surface area (Å²) in [6, 6.07) is 9.77. The fraction of sp³-hybridized carbons (Fsp3) is 0.0769. The maximum absolute atomic E-state index is 8.87. The summed E-state index contributed by atoms with van der Waals surface area (Å²) in [6.45, 7) is 0. The number of aryl methyl sites for hydroxylation is 1. The Kier molecular flexibility index (Phi) is 2.20. The Morgan fingerprint density at radius 3 is 2.94 bits per heavy atom. The molecule has 0 saturated heterocycles. The van der Waals surface area contributed by atoms with Crippen LogP contribution in [0.3, 0.4) is 0 Å². The summed E-state index contributed by atoms with van der Waals surface area (Å²) in [7, 11) is 1.99. The minimum atomic E-state index is 0.646. The molecule has 0 N–H and O–H groups in total. The Bertz CT molecular complexity index is 717. The predicted octanol–water partition coefficient (Wildman–Crippen LogP) is 3.17. The summed E-state index contributed by atoms with van der Waals surface area (Å²) in [5.41, 5.74) is 3.68. The number of rotatable bonds is 1. The monoisotopic (exact) mass is 239 g/mol. The lowest BCUT2D eigenvalue weighted by molar-refractivity contribution is 0.960. The van der Waals surface area contributed by atoms with Crippen LogP contribution in [0, 0.1) is 11.3 Å². The van der Waals surface area contributed by atoms with Crippen LogP contribution in [-0.2, 0) is 7.05 Å². The van der Waals surface area contributed by atoms with E-state index in [4.69, 9.17) is 5.26 Å². The summed E-state index contributed by atoms with van der Waals surface area (Å²) in [5, 5.41) is 13.0. The number of thiophene rings is 1. The zero-order chi connectivity index (χ0) is 11.8. The molecule has 0 saturated carbocycles. The summed E-state index contributed by atoms with van der Waals surface area (Å²) < 4.78 is 2.05. The molecule has 0 unspecified atom stereocenters. The molecular formula is C13H9N3S. The SMILES string of the molecule is Cn1c(-c2ccsc2)nc2cc(C#N)ccc21. The molecule has 0 spiro atoms. The number of aromatic nitrogens is 2. The van der Waals surface area contributed by atoms with Crippen LogP contribution in [-0.4, -0.2) is 9.55 Å². The number of nitriles is 1. The van der Waals surface area contributed by atoms with Crippen molar-refractivity contribution in [2.24, 2.45) is 7.05 Å². The van der Waals surface area contributed by atoms with Gasteiger partial charge >= 0.3 is 0 Å². The van der Waals surface area contributed by atoms with Crippen molar-refractivity contribution in [2.45, 2.75) is 0 Å². The van der Waals surface area contributed by atoms with Crippen LogP contribution in [0.5, 0.6) is 0 Å². The molecule has 0 aliphatic heterocycles. The Morgan fingerprint density at radius 1 is 1.35 bits per heavy atom. The van der Waals surface area contributed by atoms with E-state index in [-0.39, 0.29) is 0 Å². The first-order valence-electron chi connectivity index (χ1n) is 5.19. The number of benzene rings is 1. The van der Waals surface area contributed by atoms with Crippen molar-refractivity contribution in [3.8, 4) is 17.5 Å². The largest absolute Gasteiger partial charge is 0.327 e. The van der Waals surface area contributed by atoms with Gasteiger partial charge in [0.15, 0.2) is 0 Å². The van der Waals surface area contributed by atoms with Gasteiger partial charge in [-0.3, -0.25) is 0 Å². The van der Waals surface area contributed by atoms with Crippen molar-refractivity contribution < 1.29 is 0 Å². The topological polar surface area (TPSA) is 41.6 Å². The molecule has 2 aromatic heterocycles. The van der Waals surface area contributed by atoms with Crippen LogP contribution in [0.15, 0.2) is 35.0 Å². The highest BCUT2D eigenvalue weighted by molar-refractivity contribution is 7.08. The van der Waals surface area contributed by atoms with Crippen molar-refractivity contribution in [1.29, 1.82) is 5.26 Å². The van der Waals surface area contributed by atoms with Gasteiger partial charge in [-0.15, -0.1) is 0 Å². The van der Waals surface area contributed by atoms with Gasteiger partial charge < -0.3 is 4.57 Å². The minimum absolute atomic E-state index is 0.646. The molecule has 0 amide bonds. The molecule has 17 heavy (non-hydrogen) atoms. The lowest BCUT2D eigenvalue weighted by Crippen LogP contribution is -1.90. The Morgan fingerprint density at radius 2 is 2.24 bits per heavy atom. The molecule has 0 radical (unpaired) electrons. The third-order valence-corrected chi connectivity index (χ3v) is 3.47. The van der Waals surface area contributed by atoms with Crippen molar-refractivity contribution in [3.05, 3.63) is 40.6 Å². The highest BCUT2D eigenvalue weighted by Crippen LogP contribution is 2.25. The first-order chi connectivity index (χ1) is 8.29. The van der Waals surface area contributed by atoms with Gasteiger partial charge in [-0.1, -0.05) is 0 Å². The number of fused-ring (bicyclic) bond motifs is 1. The quantitative estimate of drug-likeness (QED) is 0.654. The van der Waals surface area contributed by atoms with Crippen LogP contribution in [0.4, 0.5) is 0 Å². The number of nitrogens with zero attached hydrogens (tertiary/aromatic N) is 3. The maximum Gasteiger partial charge on any atom is 0.141 e. The second-order valence-corrected chi connectivity index (χ2v) is 4.60. The highest BCUT2D eigenvalue weighted by Gasteiger charge is 2.10. The van der Waals surface area contributed by atoms with Gasteiger partial charge in [-0.25, -0.2) is 4.98 Å². The average Bonchev–Trinajstić information content (AvgIpc) is 2.97. The molecule has 3 nitrogen and oxygen atoms in total. The predicted molar refractivity (Wildman–Crippen MR) is 68.7 cm³/mol. The van der Waals surface area contributed by atoms with Gasteiger partial charge in [0, 0.05) is 18.0 Å². The van der Waals surface area contributed by atoms with Crippen LogP contribution >= 0.6 is 11.3 Å². The third kappa shape index (κ3) is 1.52. The smallest absolute Gasteiger partial charge is 0.141 e. The van der Waals surface area contributed by atoms with Crippen molar-refractivity contribution in [3.63, 3.8) is 0 Å². The molecule has 0 fully saturated rings. The molecule has 1 aromatic carbocycles. The molecule has 0 aliphatic carbocycles. The molecule has 4 heteroatoms. The van der Waals surface area contributed by atoms with Crippen molar-refractivity contribution >= 4 is 22.4 Å². The van der Waals surface area contributed by atoms with Crippen LogP contribution in [0.25, 0.3) is 22.4 Å². The zero-order valence-corrected chi connectivity index (χ0v) is 10.0. The molecule has 0 aliphatic rings. The average molecular weight is 239 g/mol. The van der Waals surface area contributed by atoms with E-state index in [1.807, 2.05) is 30.6 Å². The molecule has 0 bridgehead atoms. The van der Waals surface area contributed by atoms with Crippen LogP contribution in [0.2, 0.25) is 0 Å². The van der Waals surface area contributed by atoms with E-state index >= 15 is 0 Å². The first-order valence-corrected chi connectivity index (χ1v) is 6.13. The summed E-state index contributed by atoms with van der Waals surface area (Å²) >= 11 is 1.66. The van der Waals surface area contributed by atoms with Crippen molar-refractivity contribution in [2.75, 3.05) is 0 Å². The van der Waals surface area contributed by atoms with Gasteiger partial charge in [-0.05, 0) is 29.6 Å². The zero-order valence-electron chi connectivity index (χ0n) is 9.21. The molecule has 3 aromatic rings. The van der Waals surface area contributed by atoms with Crippen LogP contribution < -0.4 is 0 Å². The molecule has 82 valence electrons. The van der Waals surface area contributed by atoms with Gasteiger partial charge in [0.05, 0.1) is 22.7 Å². The summed E-state index contributed by atoms with van der Waals surface area (Å²) in [4.78, 5) is 4.58. The van der Waals surface area contributed by atoms with E-state index in [0.29, 0.717) is 5.56 Å². The Labute approximate surface area is 103 Å². The van der Waals surface area contributed by atoms with Gasteiger partial charge in [0.1, 0.15) is 5.82 Å². The first kappa shape index (κ1) is 10.1. The molecule has 3 rings (SSSR count). The van der Waals surface area contributed by atoms with Gasteiger partial charge in [0.25, 0.3) is 0 Å². The van der Waals surface area contributed by atoms with E-state index in [0.717, 1.165) is 22.4 Å². The molecule has 0 atom stereocenters. The second kappa shape index (κ2) is 3.72. The highest BCUT2D eigenvalue weighted by atomic mass is 32.1. The fourth-order valence-electron chi connectivity index (χ4n) is 1.92. The van der Waals surface area contributed by atoms with Crippen LogP contribution in [0.1, 0.15) is 5.56 Å².